The monoisotopic (exact) mass is 498 g/mol. The fourth-order valence-electron chi connectivity index (χ4n) is 5.09. The molecule has 2 amide bonds. The molecule has 1 aliphatic heterocycles. The molecular weight excluding hydrogens is 471 g/mol. The maximum atomic E-state index is 13.5. The van der Waals surface area contributed by atoms with Gasteiger partial charge in [-0.05, 0) is 73.0 Å². The van der Waals surface area contributed by atoms with Crippen molar-refractivity contribution in [1.82, 2.24) is 15.1 Å². The Hall–Kier alpha value is -4.20. The van der Waals surface area contributed by atoms with E-state index in [2.05, 4.69) is 10.4 Å². The lowest BCUT2D eigenvalue weighted by atomic mass is 9.98. The number of nitrogens with one attached hydrogen (secondary N) is 1. The van der Waals surface area contributed by atoms with Gasteiger partial charge in [0.25, 0.3) is 0 Å². The van der Waals surface area contributed by atoms with Crippen LogP contribution in [0.25, 0.3) is 16.6 Å². The lowest BCUT2D eigenvalue weighted by molar-refractivity contribution is -0.126. The number of halogens is 1. The van der Waals surface area contributed by atoms with Gasteiger partial charge in [-0.1, -0.05) is 19.1 Å². The number of nitrogens with zero attached hydrogens (tertiary/aromatic N) is 3. The van der Waals surface area contributed by atoms with E-state index in [1.807, 2.05) is 49.4 Å². The molecule has 0 bridgehead atoms. The number of carbonyl (C=O) groups excluding carboxylic acids is 2. The van der Waals surface area contributed by atoms with Crippen LogP contribution in [0, 0.1) is 11.2 Å². The summed E-state index contributed by atoms with van der Waals surface area (Å²) in [5.74, 6) is 0.309. The molecule has 37 heavy (non-hydrogen) atoms. The summed E-state index contributed by atoms with van der Waals surface area (Å²) in [6.07, 6.45) is 3.66. The topological polar surface area (TPSA) is 76.5 Å². The molecule has 7 nitrogen and oxygen atoms in total. The SMILES string of the molecule is COc1cccc(C2C(NC(=O)C3(C)CC3)CC(=O)N2c2ccc3c(cnn3-c3ccc(F)cc3)c2)c1. The van der Waals surface area contributed by atoms with Crippen LogP contribution in [0.5, 0.6) is 5.75 Å². The Balaban J connectivity index is 1.39. The standard InChI is InChI=1S/C29H27FN4O3/c1-29(12-13-29)28(36)32-24-16-26(35)33(27(24)18-4-3-5-23(15-18)37-2)22-10-11-25-19(14-22)17-31-34(25)21-8-6-20(30)7-9-21/h3-11,14-15,17,24,27H,12-13,16H2,1-2H3,(H,32,36). The fraction of sp³-hybridized carbons (Fsp3) is 0.276. The molecule has 2 unspecified atom stereocenters. The van der Waals surface area contributed by atoms with Gasteiger partial charge in [0.05, 0.1) is 36.6 Å². The molecule has 188 valence electrons. The van der Waals surface area contributed by atoms with Crippen molar-refractivity contribution in [2.75, 3.05) is 12.0 Å². The molecule has 6 rings (SSSR count). The zero-order chi connectivity index (χ0) is 25.7. The number of fused-ring (bicyclic) bond motifs is 1. The van der Waals surface area contributed by atoms with Gasteiger partial charge in [0, 0.05) is 22.9 Å². The van der Waals surface area contributed by atoms with Gasteiger partial charge in [0.15, 0.2) is 0 Å². The Morgan fingerprint density at radius 3 is 2.57 bits per heavy atom. The molecule has 1 N–H and O–H groups in total. The minimum atomic E-state index is -0.390. The first kappa shape index (κ1) is 23.2. The third-order valence-corrected chi connectivity index (χ3v) is 7.52. The lowest BCUT2D eigenvalue weighted by Gasteiger charge is -2.30. The molecule has 1 aliphatic carbocycles. The van der Waals surface area contributed by atoms with Crippen molar-refractivity contribution in [2.45, 2.75) is 38.3 Å². The highest BCUT2D eigenvalue weighted by Gasteiger charge is 2.49. The predicted octanol–water partition coefficient (Wildman–Crippen LogP) is 4.94. The van der Waals surface area contributed by atoms with Crippen LogP contribution in [-0.4, -0.2) is 34.7 Å². The van der Waals surface area contributed by atoms with Gasteiger partial charge in [-0.3, -0.25) is 9.59 Å². The molecule has 8 heteroatoms. The van der Waals surface area contributed by atoms with E-state index in [9.17, 15) is 14.0 Å². The van der Waals surface area contributed by atoms with Crippen LogP contribution in [-0.2, 0) is 9.59 Å². The van der Waals surface area contributed by atoms with E-state index in [0.29, 0.717) is 5.75 Å². The highest BCUT2D eigenvalue weighted by atomic mass is 19.1. The number of aromatic nitrogens is 2. The minimum absolute atomic E-state index is 0.00364. The van der Waals surface area contributed by atoms with Crippen LogP contribution in [0.15, 0.2) is 72.9 Å². The van der Waals surface area contributed by atoms with Gasteiger partial charge in [-0.2, -0.15) is 5.10 Å². The number of methoxy groups -OCH3 is 1. The highest BCUT2D eigenvalue weighted by molar-refractivity contribution is 6.00. The quantitative estimate of drug-likeness (QED) is 0.409. The van der Waals surface area contributed by atoms with E-state index >= 15 is 0 Å². The second-order valence-electron chi connectivity index (χ2n) is 10.1. The smallest absolute Gasteiger partial charge is 0.229 e. The van der Waals surface area contributed by atoms with Crippen molar-refractivity contribution in [1.29, 1.82) is 0 Å². The first-order valence-corrected chi connectivity index (χ1v) is 12.4. The number of ether oxygens (including phenoxy) is 1. The first-order valence-electron chi connectivity index (χ1n) is 12.4. The molecule has 2 fully saturated rings. The Bertz CT molecular complexity index is 1510. The molecule has 1 saturated carbocycles. The molecular formula is C29H27FN4O3. The van der Waals surface area contributed by atoms with Gasteiger partial charge in [0.2, 0.25) is 11.8 Å². The second-order valence-corrected chi connectivity index (χ2v) is 10.1. The number of carbonyl (C=O) groups is 2. The van der Waals surface area contributed by atoms with Crippen LogP contribution in [0.4, 0.5) is 10.1 Å². The van der Waals surface area contributed by atoms with Crippen LogP contribution in [0.3, 0.4) is 0 Å². The summed E-state index contributed by atoms with van der Waals surface area (Å²) in [7, 11) is 1.61. The lowest BCUT2D eigenvalue weighted by Crippen LogP contribution is -2.42. The van der Waals surface area contributed by atoms with Crippen molar-refractivity contribution >= 4 is 28.4 Å². The molecule has 1 saturated heterocycles. The molecule has 2 aliphatic rings. The largest absolute Gasteiger partial charge is 0.497 e. The molecule has 2 atom stereocenters. The van der Waals surface area contributed by atoms with Gasteiger partial charge in [-0.25, -0.2) is 9.07 Å². The Morgan fingerprint density at radius 1 is 1.08 bits per heavy atom. The predicted molar refractivity (Wildman–Crippen MR) is 138 cm³/mol. The van der Waals surface area contributed by atoms with Gasteiger partial charge >= 0.3 is 0 Å². The zero-order valence-electron chi connectivity index (χ0n) is 20.6. The van der Waals surface area contributed by atoms with Crippen LogP contribution >= 0.6 is 0 Å². The van der Waals surface area contributed by atoms with Crippen molar-refractivity contribution in [3.05, 3.63) is 84.3 Å². The van der Waals surface area contributed by atoms with Crippen LogP contribution in [0.2, 0.25) is 0 Å². The summed E-state index contributed by atoms with van der Waals surface area (Å²) >= 11 is 0. The second kappa shape index (κ2) is 8.73. The van der Waals surface area contributed by atoms with Crippen molar-refractivity contribution in [2.24, 2.45) is 5.41 Å². The van der Waals surface area contributed by atoms with Crippen molar-refractivity contribution < 1.29 is 18.7 Å². The van der Waals surface area contributed by atoms with Crippen LogP contribution < -0.4 is 15.0 Å². The van der Waals surface area contributed by atoms with Gasteiger partial charge < -0.3 is 15.0 Å². The third kappa shape index (κ3) is 4.12. The van der Waals surface area contributed by atoms with Crippen molar-refractivity contribution in [3.8, 4) is 11.4 Å². The summed E-state index contributed by atoms with van der Waals surface area (Å²) < 4.78 is 20.6. The average Bonchev–Trinajstić information content (AvgIpc) is 3.39. The van der Waals surface area contributed by atoms with E-state index < -0.39 is 6.04 Å². The average molecular weight is 499 g/mol. The van der Waals surface area contributed by atoms with E-state index in [1.165, 1.54) is 12.1 Å². The Labute approximate surface area is 213 Å². The van der Waals surface area contributed by atoms with Gasteiger partial charge in [-0.15, -0.1) is 0 Å². The van der Waals surface area contributed by atoms with E-state index in [0.717, 1.165) is 40.7 Å². The van der Waals surface area contributed by atoms with E-state index in [4.69, 9.17) is 4.74 Å². The highest BCUT2D eigenvalue weighted by Crippen LogP contribution is 2.46. The molecule has 0 spiro atoms. The fourth-order valence-corrected chi connectivity index (χ4v) is 5.09. The maximum absolute atomic E-state index is 13.5. The van der Waals surface area contributed by atoms with Crippen LogP contribution in [0.1, 0.15) is 37.8 Å². The van der Waals surface area contributed by atoms with Gasteiger partial charge in [0.1, 0.15) is 11.6 Å². The zero-order valence-corrected chi connectivity index (χ0v) is 20.6. The van der Waals surface area contributed by atoms with E-state index in [1.54, 1.807) is 35.0 Å². The number of benzene rings is 3. The summed E-state index contributed by atoms with van der Waals surface area (Å²) in [4.78, 5) is 28.2. The molecule has 0 radical (unpaired) electrons. The minimum Gasteiger partial charge on any atom is -0.497 e. The Kier molecular flexibility index (Phi) is 5.47. The molecule has 1 aromatic heterocycles. The number of hydrogen-bond acceptors (Lipinski definition) is 4. The molecule has 4 aromatic rings. The summed E-state index contributed by atoms with van der Waals surface area (Å²) in [6.45, 7) is 1.96. The third-order valence-electron chi connectivity index (χ3n) is 7.52. The van der Waals surface area contributed by atoms with Crippen molar-refractivity contribution in [3.63, 3.8) is 0 Å². The van der Waals surface area contributed by atoms with E-state index in [-0.39, 0.29) is 35.5 Å². The number of rotatable bonds is 6. The molecule has 3 aromatic carbocycles. The summed E-state index contributed by atoms with van der Waals surface area (Å²) in [6, 6.07) is 18.7. The number of amides is 2. The number of hydrogen-bond donors (Lipinski definition) is 1. The normalized spacial score (nSPS) is 20.3. The summed E-state index contributed by atoms with van der Waals surface area (Å²) in [5.41, 5.74) is 2.85. The number of anilines is 1. The molecule has 2 heterocycles. The summed E-state index contributed by atoms with van der Waals surface area (Å²) in [5, 5.41) is 8.51. The maximum Gasteiger partial charge on any atom is 0.229 e. The first-order chi connectivity index (χ1) is 17.9. The Morgan fingerprint density at radius 2 is 1.84 bits per heavy atom.